The molecule has 0 aliphatic carbocycles. The van der Waals surface area contributed by atoms with Crippen LogP contribution in [0.2, 0.25) is 0 Å². The van der Waals surface area contributed by atoms with Gasteiger partial charge >= 0.3 is 5.97 Å². The van der Waals surface area contributed by atoms with Gasteiger partial charge in [-0.2, -0.15) is 5.10 Å². The van der Waals surface area contributed by atoms with Gasteiger partial charge in [0.05, 0.1) is 25.4 Å². The Bertz CT molecular complexity index is 517. The summed E-state index contributed by atoms with van der Waals surface area (Å²) in [4.78, 5) is 11.2. The van der Waals surface area contributed by atoms with Crippen LogP contribution in [-0.2, 0) is 16.0 Å². The van der Waals surface area contributed by atoms with Gasteiger partial charge in [-0.15, -0.1) is 0 Å². The Hall–Kier alpha value is -2.10. The topological polar surface area (TPSA) is 44.1 Å². The summed E-state index contributed by atoms with van der Waals surface area (Å²) in [5, 5.41) is 4.28. The summed E-state index contributed by atoms with van der Waals surface area (Å²) in [6.07, 6.45) is 1.97. The Labute approximate surface area is 99.8 Å². The molecule has 0 aliphatic heterocycles. The highest BCUT2D eigenvalue weighted by molar-refractivity contribution is 5.72. The third kappa shape index (κ3) is 2.36. The number of nitrogens with zero attached hydrogens (tertiary/aromatic N) is 2. The predicted octanol–water partition coefficient (Wildman–Crippen LogP) is 1.90. The zero-order valence-corrected chi connectivity index (χ0v) is 9.88. The number of hydrogen-bond donors (Lipinski definition) is 0. The van der Waals surface area contributed by atoms with Crippen molar-refractivity contribution in [1.82, 2.24) is 9.78 Å². The van der Waals surface area contributed by atoms with E-state index in [-0.39, 0.29) is 12.4 Å². The molecule has 0 fully saturated rings. The first kappa shape index (κ1) is 11.4. The minimum Gasteiger partial charge on any atom is -0.469 e. The van der Waals surface area contributed by atoms with Crippen LogP contribution >= 0.6 is 0 Å². The molecule has 0 N–H and O–H groups in total. The molecule has 0 saturated heterocycles. The van der Waals surface area contributed by atoms with Crippen molar-refractivity contribution in [3.8, 4) is 5.69 Å². The molecule has 1 heterocycles. The summed E-state index contributed by atoms with van der Waals surface area (Å²) >= 11 is 0. The summed E-state index contributed by atoms with van der Waals surface area (Å²) in [6.45, 7) is 1.94. The normalized spacial score (nSPS) is 10.2. The van der Waals surface area contributed by atoms with E-state index < -0.39 is 0 Å². The lowest BCUT2D eigenvalue weighted by Gasteiger charge is -2.04. The van der Waals surface area contributed by atoms with Crippen molar-refractivity contribution >= 4 is 5.97 Å². The Balaban J connectivity index is 2.30. The Morgan fingerprint density at radius 1 is 1.35 bits per heavy atom. The van der Waals surface area contributed by atoms with Gasteiger partial charge < -0.3 is 4.74 Å². The van der Waals surface area contributed by atoms with Crippen LogP contribution < -0.4 is 0 Å². The van der Waals surface area contributed by atoms with Crippen LogP contribution in [0.1, 0.15) is 11.3 Å². The molecule has 17 heavy (non-hydrogen) atoms. The second-order valence-electron chi connectivity index (χ2n) is 3.76. The molecular formula is C13H14N2O2. The van der Waals surface area contributed by atoms with Crippen molar-refractivity contribution in [2.45, 2.75) is 13.3 Å². The summed E-state index contributed by atoms with van der Waals surface area (Å²) < 4.78 is 6.47. The van der Waals surface area contributed by atoms with E-state index in [1.54, 1.807) is 6.20 Å². The van der Waals surface area contributed by atoms with Crippen LogP contribution in [0.3, 0.4) is 0 Å². The number of carbonyl (C=O) groups excluding carboxylic acids is 1. The lowest BCUT2D eigenvalue weighted by Crippen LogP contribution is -2.06. The molecule has 0 unspecified atom stereocenters. The maximum Gasteiger partial charge on any atom is 0.310 e. The Morgan fingerprint density at radius 3 is 2.71 bits per heavy atom. The summed E-state index contributed by atoms with van der Waals surface area (Å²) in [7, 11) is 1.39. The zero-order valence-electron chi connectivity index (χ0n) is 9.88. The summed E-state index contributed by atoms with van der Waals surface area (Å²) in [5.74, 6) is -0.249. The summed E-state index contributed by atoms with van der Waals surface area (Å²) in [6, 6.07) is 9.81. The van der Waals surface area contributed by atoms with E-state index in [4.69, 9.17) is 0 Å². The molecule has 0 aliphatic rings. The van der Waals surface area contributed by atoms with Gasteiger partial charge in [0, 0.05) is 11.3 Å². The van der Waals surface area contributed by atoms with Crippen molar-refractivity contribution in [2.24, 2.45) is 0 Å². The molecular weight excluding hydrogens is 216 g/mol. The largest absolute Gasteiger partial charge is 0.469 e. The van der Waals surface area contributed by atoms with Gasteiger partial charge in [0.2, 0.25) is 0 Å². The molecule has 88 valence electrons. The number of benzene rings is 1. The number of aromatic nitrogens is 2. The number of para-hydroxylation sites is 1. The number of methoxy groups -OCH3 is 1. The van der Waals surface area contributed by atoms with E-state index in [1.165, 1.54) is 7.11 Å². The van der Waals surface area contributed by atoms with Crippen LogP contribution in [0.4, 0.5) is 0 Å². The quantitative estimate of drug-likeness (QED) is 0.756. The van der Waals surface area contributed by atoms with Gasteiger partial charge in [-0.1, -0.05) is 18.2 Å². The van der Waals surface area contributed by atoms with Crippen LogP contribution in [0, 0.1) is 6.92 Å². The first-order valence-electron chi connectivity index (χ1n) is 5.38. The molecule has 0 atom stereocenters. The fourth-order valence-corrected chi connectivity index (χ4v) is 1.67. The van der Waals surface area contributed by atoms with Gasteiger partial charge in [0.25, 0.3) is 0 Å². The molecule has 0 bridgehead atoms. The van der Waals surface area contributed by atoms with Gasteiger partial charge in [0.15, 0.2) is 0 Å². The van der Waals surface area contributed by atoms with Crippen molar-refractivity contribution in [3.05, 3.63) is 47.8 Å². The molecule has 1 aromatic carbocycles. The van der Waals surface area contributed by atoms with Gasteiger partial charge in [-0.05, 0) is 19.1 Å². The number of carbonyl (C=O) groups is 1. The maximum absolute atomic E-state index is 11.2. The summed E-state index contributed by atoms with van der Waals surface area (Å²) in [5.41, 5.74) is 2.84. The minimum atomic E-state index is -0.249. The van der Waals surface area contributed by atoms with Crippen LogP contribution in [-0.4, -0.2) is 22.9 Å². The standard InChI is InChI=1S/C13H14N2O2/c1-10-11(8-13(16)17-2)9-14-15(10)12-6-4-3-5-7-12/h3-7,9H,8H2,1-2H3. The van der Waals surface area contributed by atoms with E-state index in [1.807, 2.05) is 41.9 Å². The van der Waals surface area contributed by atoms with Gasteiger partial charge in [0.1, 0.15) is 0 Å². The van der Waals surface area contributed by atoms with Crippen molar-refractivity contribution in [3.63, 3.8) is 0 Å². The van der Waals surface area contributed by atoms with Gasteiger partial charge in [-0.3, -0.25) is 4.79 Å². The fourth-order valence-electron chi connectivity index (χ4n) is 1.67. The lowest BCUT2D eigenvalue weighted by atomic mass is 10.2. The second-order valence-corrected chi connectivity index (χ2v) is 3.76. The smallest absolute Gasteiger partial charge is 0.310 e. The number of rotatable bonds is 3. The molecule has 0 spiro atoms. The van der Waals surface area contributed by atoms with Crippen molar-refractivity contribution < 1.29 is 9.53 Å². The molecule has 4 heteroatoms. The average molecular weight is 230 g/mol. The van der Waals surface area contributed by atoms with Crippen molar-refractivity contribution in [2.75, 3.05) is 7.11 Å². The Morgan fingerprint density at radius 2 is 2.06 bits per heavy atom. The maximum atomic E-state index is 11.2. The fraction of sp³-hybridized carbons (Fsp3) is 0.231. The van der Waals surface area contributed by atoms with Crippen LogP contribution in [0.15, 0.2) is 36.5 Å². The van der Waals surface area contributed by atoms with E-state index in [0.717, 1.165) is 16.9 Å². The zero-order chi connectivity index (χ0) is 12.3. The molecule has 2 aromatic rings. The first-order chi connectivity index (χ1) is 8.22. The lowest BCUT2D eigenvalue weighted by molar-refractivity contribution is -0.139. The highest BCUT2D eigenvalue weighted by Gasteiger charge is 2.11. The Kier molecular flexibility index (Phi) is 3.23. The number of esters is 1. The molecule has 0 saturated carbocycles. The van der Waals surface area contributed by atoms with Crippen molar-refractivity contribution in [1.29, 1.82) is 0 Å². The molecule has 0 amide bonds. The predicted molar refractivity (Wildman–Crippen MR) is 64.0 cm³/mol. The van der Waals surface area contributed by atoms with E-state index in [0.29, 0.717) is 0 Å². The third-order valence-corrected chi connectivity index (χ3v) is 2.67. The van der Waals surface area contributed by atoms with E-state index >= 15 is 0 Å². The number of hydrogen-bond acceptors (Lipinski definition) is 3. The monoisotopic (exact) mass is 230 g/mol. The minimum absolute atomic E-state index is 0.249. The highest BCUT2D eigenvalue weighted by Crippen LogP contribution is 2.14. The molecule has 2 rings (SSSR count). The molecule has 1 aromatic heterocycles. The van der Waals surface area contributed by atoms with Crippen LogP contribution in [0.5, 0.6) is 0 Å². The SMILES string of the molecule is COC(=O)Cc1cnn(-c2ccccc2)c1C. The van der Waals surface area contributed by atoms with Gasteiger partial charge in [-0.25, -0.2) is 4.68 Å². The highest BCUT2D eigenvalue weighted by atomic mass is 16.5. The van der Waals surface area contributed by atoms with E-state index in [9.17, 15) is 4.79 Å². The molecule has 0 radical (unpaired) electrons. The second kappa shape index (κ2) is 4.82. The molecule has 4 nitrogen and oxygen atoms in total. The van der Waals surface area contributed by atoms with Crippen LogP contribution in [0.25, 0.3) is 5.69 Å². The number of ether oxygens (including phenoxy) is 1. The first-order valence-corrected chi connectivity index (χ1v) is 5.38. The van der Waals surface area contributed by atoms with E-state index in [2.05, 4.69) is 9.84 Å². The third-order valence-electron chi connectivity index (χ3n) is 2.67. The average Bonchev–Trinajstić information content (AvgIpc) is 2.72.